The van der Waals surface area contributed by atoms with Gasteiger partial charge in [-0.25, -0.2) is 4.98 Å². The molecule has 1 aromatic heterocycles. The number of nitrogens with zero attached hydrogens (tertiary/aromatic N) is 1. The molecular weight excluding hydrogens is 375 g/mol. The number of fused-ring (bicyclic) bond motifs is 1. The number of amides is 1. The standard InChI is InChI=1S/C19H12Cl2N2O3/c20-13-4-2-1-3-11(13)18-17(22-9-26-18)19(25)23-15-8-12-10(7-14(15)21)5-6-16(12)24/h1-4,7-9H,5-6H2,(H,23,25). The lowest BCUT2D eigenvalue weighted by Crippen LogP contribution is -2.14. The van der Waals surface area contributed by atoms with Crippen LogP contribution in [-0.4, -0.2) is 16.7 Å². The molecule has 7 heteroatoms. The van der Waals surface area contributed by atoms with Crippen molar-refractivity contribution in [3.63, 3.8) is 0 Å². The Labute approximate surface area is 158 Å². The number of aryl methyl sites for hydroxylation is 1. The molecular formula is C19H12Cl2N2O3. The van der Waals surface area contributed by atoms with Crippen molar-refractivity contribution in [2.24, 2.45) is 0 Å². The second-order valence-corrected chi connectivity index (χ2v) is 6.69. The number of ketones is 1. The minimum absolute atomic E-state index is 0.0466. The summed E-state index contributed by atoms with van der Waals surface area (Å²) in [7, 11) is 0. The molecule has 0 radical (unpaired) electrons. The molecule has 0 fully saturated rings. The van der Waals surface area contributed by atoms with Crippen LogP contribution < -0.4 is 5.32 Å². The van der Waals surface area contributed by atoms with Crippen LogP contribution in [0.2, 0.25) is 10.0 Å². The topological polar surface area (TPSA) is 72.2 Å². The third kappa shape index (κ3) is 2.89. The zero-order chi connectivity index (χ0) is 18.3. The van der Waals surface area contributed by atoms with Gasteiger partial charge in [-0.1, -0.05) is 35.3 Å². The number of carbonyl (C=O) groups excluding carboxylic acids is 2. The number of oxazole rings is 1. The van der Waals surface area contributed by atoms with E-state index in [1.54, 1.807) is 36.4 Å². The molecule has 2 aromatic carbocycles. The van der Waals surface area contributed by atoms with Gasteiger partial charge in [-0.15, -0.1) is 0 Å². The quantitative estimate of drug-likeness (QED) is 0.684. The fourth-order valence-electron chi connectivity index (χ4n) is 2.99. The average Bonchev–Trinajstić information content (AvgIpc) is 3.23. The summed E-state index contributed by atoms with van der Waals surface area (Å²) in [6.07, 6.45) is 2.31. The molecule has 26 heavy (non-hydrogen) atoms. The maximum Gasteiger partial charge on any atom is 0.278 e. The Bertz CT molecular complexity index is 1040. The van der Waals surface area contributed by atoms with Crippen LogP contribution in [-0.2, 0) is 6.42 Å². The zero-order valence-corrected chi connectivity index (χ0v) is 14.9. The molecule has 1 amide bonds. The van der Waals surface area contributed by atoms with Gasteiger partial charge in [0.05, 0.1) is 15.7 Å². The molecule has 0 saturated carbocycles. The second kappa shape index (κ2) is 6.59. The molecule has 130 valence electrons. The third-order valence-electron chi connectivity index (χ3n) is 4.26. The SMILES string of the molecule is O=C1CCc2cc(Cl)c(NC(=O)c3ncoc3-c3ccccc3Cl)cc21. The summed E-state index contributed by atoms with van der Waals surface area (Å²) in [5, 5.41) is 3.52. The lowest BCUT2D eigenvalue weighted by molar-refractivity contribution is 0.0991. The Kier molecular flexibility index (Phi) is 4.26. The normalized spacial score (nSPS) is 12.9. The van der Waals surface area contributed by atoms with E-state index in [2.05, 4.69) is 10.3 Å². The van der Waals surface area contributed by atoms with Gasteiger partial charge in [0.15, 0.2) is 23.6 Å². The average molecular weight is 387 g/mol. The molecule has 4 rings (SSSR count). The molecule has 1 aliphatic rings. The Balaban J connectivity index is 1.67. The van der Waals surface area contributed by atoms with Gasteiger partial charge in [0, 0.05) is 17.5 Å². The third-order valence-corrected chi connectivity index (χ3v) is 4.91. The maximum absolute atomic E-state index is 12.7. The Morgan fingerprint density at radius 3 is 2.69 bits per heavy atom. The number of benzene rings is 2. The van der Waals surface area contributed by atoms with Crippen molar-refractivity contribution in [3.8, 4) is 11.3 Å². The number of hydrogen-bond donors (Lipinski definition) is 1. The summed E-state index contributed by atoms with van der Waals surface area (Å²) in [5.74, 6) is -0.187. The molecule has 0 saturated heterocycles. The van der Waals surface area contributed by atoms with Gasteiger partial charge in [-0.05, 0) is 36.2 Å². The van der Waals surface area contributed by atoms with Crippen LogP contribution in [0.25, 0.3) is 11.3 Å². The van der Waals surface area contributed by atoms with Crippen LogP contribution in [0.4, 0.5) is 5.69 Å². The Morgan fingerprint density at radius 2 is 1.88 bits per heavy atom. The summed E-state index contributed by atoms with van der Waals surface area (Å²) in [4.78, 5) is 28.6. The fraction of sp³-hybridized carbons (Fsp3) is 0.105. The van der Waals surface area contributed by atoms with Crippen molar-refractivity contribution in [3.05, 3.63) is 69.7 Å². The molecule has 3 aromatic rings. The van der Waals surface area contributed by atoms with E-state index in [1.807, 2.05) is 0 Å². The van der Waals surface area contributed by atoms with Crippen LogP contribution in [0.15, 0.2) is 47.2 Å². The van der Waals surface area contributed by atoms with Gasteiger partial charge in [-0.2, -0.15) is 0 Å². The van der Waals surface area contributed by atoms with Crippen LogP contribution >= 0.6 is 23.2 Å². The lowest BCUT2D eigenvalue weighted by atomic mass is 10.1. The lowest BCUT2D eigenvalue weighted by Gasteiger charge is -2.09. The second-order valence-electron chi connectivity index (χ2n) is 5.88. The molecule has 0 atom stereocenters. The highest BCUT2D eigenvalue weighted by molar-refractivity contribution is 6.34. The van der Waals surface area contributed by atoms with Crippen LogP contribution in [0.5, 0.6) is 0 Å². The van der Waals surface area contributed by atoms with E-state index < -0.39 is 5.91 Å². The zero-order valence-electron chi connectivity index (χ0n) is 13.4. The van der Waals surface area contributed by atoms with Crippen molar-refractivity contribution < 1.29 is 14.0 Å². The first-order chi connectivity index (χ1) is 12.5. The van der Waals surface area contributed by atoms with Gasteiger partial charge in [-0.3, -0.25) is 9.59 Å². The highest BCUT2D eigenvalue weighted by Crippen LogP contribution is 2.33. The van der Waals surface area contributed by atoms with E-state index >= 15 is 0 Å². The van der Waals surface area contributed by atoms with Crippen molar-refractivity contribution in [1.29, 1.82) is 0 Å². The molecule has 1 aliphatic carbocycles. The first-order valence-electron chi connectivity index (χ1n) is 7.90. The fourth-order valence-corrected chi connectivity index (χ4v) is 3.44. The van der Waals surface area contributed by atoms with Crippen LogP contribution in [0.1, 0.15) is 32.8 Å². The van der Waals surface area contributed by atoms with E-state index in [1.165, 1.54) is 6.39 Å². The van der Waals surface area contributed by atoms with Crippen LogP contribution in [0.3, 0.4) is 0 Å². The van der Waals surface area contributed by atoms with Crippen molar-refractivity contribution in [2.75, 3.05) is 5.32 Å². The van der Waals surface area contributed by atoms with Crippen molar-refractivity contribution >= 4 is 40.6 Å². The van der Waals surface area contributed by atoms with E-state index in [9.17, 15) is 9.59 Å². The largest absolute Gasteiger partial charge is 0.443 e. The molecule has 0 spiro atoms. The first kappa shape index (κ1) is 16.8. The van der Waals surface area contributed by atoms with E-state index in [-0.39, 0.29) is 17.2 Å². The number of aromatic nitrogens is 1. The van der Waals surface area contributed by atoms with Gasteiger partial charge < -0.3 is 9.73 Å². The summed E-state index contributed by atoms with van der Waals surface area (Å²) in [6, 6.07) is 10.3. The number of carbonyl (C=O) groups is 2. The van der Waals surface area contributed by atoms with Gasteiger partial charge in [0.25, 0.3) is 5.91 Å². The van der Waals surface area contributed by atoms with Gasteiger partial charge >= 0.3 is 0 Å². The predicted octanol–water partition coefficient (Wildman–Crippen LogP) is 5.03. The van der Waals surface area contributed by atoms with Gasteiger partial charge in [0.1, 0.15) is 0 Å². The highest BCUT2D eigenvalue weighted by Gasteiger charge is 2.24. The minimum Gasteiger partial charge on any atom is -0.443 e. The maximum atomic E-state index is 12.7. The monoisotopic (exact) mass is 386 g/mol. The molecule has 0 bridgehead atoms. The summed E-state index contributed by atoms with van der Waals surface area (Å²) in [5.41, 5.74) is 2.50. The van der Waals surface area contributed by atoms with Gasteiger partial charge in [0.2, 0.25) is 0 Å². The van der Waals surface area contributed by atoms with E-state index in [0.29, 0.717) is 39.7 Å². The van der Waals surface area contributed by atoms with Crippen molar-refractivity contribution in [1.82, 2.24) is 4.98 Å². The molecule has 1 heterocycles. The van der Waals surface area contributed by atoms with E-state index in [4.69, 9.17) is 27.6 Å². The summed E-state index contributed by atoms with van der Waals surface area (Å²) >= 11 is 12.4. The number of nitrogens with one attached hydrogen (secondary N) is 1. The molecule has 5 nitrogen and oxygen atoms in total. The number of halogens is 2. The molecule has 1 N–H and O–H groups in total. The Morgan fingerprint density at radius 1 is 1.08 bits per heavy atom. The highest BCUT2D eigenvalue weighted by atomic mass is 35.5. The van der Waals surface area contributed by atoms with E-state index in [0.717, 1.165) is 5.56 Å². The summed E-state index contributed by atoms with van der Waals surface area (Å²) in [6.45, 7) is 0. The number of Topliss-reactive ketones (excluding diaryl/α,β-unsaturated/α-hetero) is 1. The smallest absolute Gasteiger partial charge is 0.278 e. The molecule has 0 aliphatic heterocycles. The van der Waals surface area contributed by atoms with Crippen molar-refractivity contribution in [2.45, 2.75) is 12.8 Å². The number of anilines is 1. The Hall–Kier alpha value is -2.63. The molecule has 0 unspecified atom stereocenters. The number of hydrogen-bond acceptors (Lipinski definition) is 4. The summed E-state index contributed by atoms with van der Waals surface area (Å²) < 4.78 is 5.37. The first-order valence-corrected chi connectivity index (χ1v) is 8.65. The minimum atomic E-state index is -0.499. The number of rotatable bonds is 3. The predicted molar refractivity (Wildman–Crippen MR) is 99.0 cm³/mol. The van der Waals surface area contributed by atoms with Crippen LogP contribution in [0, 0.1) is 0 Å².